The van der Waals surface area contributed by atoms with E-state index < -0.39 is 0 Å². The summed E-state index contributed by atoms with van der Waals surface area (Å²) in [7, 11) is 0. The highest BCUT2D eigenvalue weighted by Crippen LogP contribution is 1.81. The molecule has 0 aromatic rings. The number of oxime groups is 1. The zero-order valence-corrected chi connectivity index (χ0v) is 6.79. The van der Waals surface area contributed by atoms with Gasteiger partial charge in [-0.15, -0.1) is 0 Å². The van der Waals surface area contributed by atoms with Crippen molar-refractivity contribution < 1.29 is 4.84 Å². The van der Waals surface area contributed by atoms with Crippen LogP contribution in [0, 0.1) is 11.8 Å². The summed E-state index contributed by atoms with van der Waals surface area (Å²) >= 11 is 0. The quantitative estimate of drug-likeness (QED) is 0.343. The lowest BCUT2D eigenvalue weighted by Gasteiger charge is -1.93. The van der Waals surface area contributed by atoms with Crippen LogP contribution < -0.4 is 0 Å². The molecule has 0 aliphatic carbocycles. The first-order chi connectivity index (χ1) is 4.77. The van der Waals surface area contributed by atoms with E-state index in [-0.39, 0.29) is 0 Å². The lowest BCUT2D eigenvalue weighted by molar-refractivity contribution is 0.144. The number of nitriles is 1. The molecule has 0 aromatic carbocycles. The topological polar surface area (TPSA) is 45.4 Å². The monoisotopic (exact) mass is 142 g/mol. The third-order valence-corrected chi connectivity index (χ3v) is 0.543. The van der Waals surface area contributed by atoms with Crippen molar-refractivity contribution >= 4 is 5.71 Å². The summed E-state index contributed by atoms with van der Waals surface area (Å²) in [6, 6.07) is 0. The predicted octanol–water partition coefficient (Wildman–Crippen LogP) is 1.95. The van der Waals surface area contributed by atoms with Crippen LogP contribution in [-0.2, 0) is 4.84 Å². The number of rotatable bonds is 3. The van der Waals surface area contributed by atoms with Gasteiger partial charge in [-0.25, -0.2) is 5.26 Å². The van der Waals surface area contributed by atoms with Crippen LogP contribution in [0.15, 0.2) is 5.16 Å². The summed E-state index contributed by atoms with van der Waals surface area (Å²) < 4.78 is 0. The Morgan fingerprint density at radius 3 is 2.30 bits per heavy atom. The summed E-state index contributed by atoms with van der Waals surface area (Å²) in [6.07, 6.45) is 1.02. The Morgan fingerprint density at radius 1 is 1.50 bits per heavy atom. The van der Waals surface area contributed by atoms with Crippen LogP contribution >= 0.6 is 0 Å². The van der Waals surface area contributed by atoms with E-state index in [0.717, 1.165) is 18.7 Å². The molecule has 3 nitrogen and oxygen atoms in total. The Balaban J connectivity index is 0. The zero-order valence-electron chi connectivity index (χ0n) is 6.79. The van der Waals surface area contributed by atoms with Gasteiger partial charge in [-0.1, -0.05) is 12.1 Å². The van der Waals surface area contributed by atoms with Crippen LogP contribution in [0.5, 0.6) is 0 Å². The molecule has 0 radical (unpaired) electrons. The Morgan fingerprint density at radius 2 is 2.00 bits per heavy atom. The summed E-state index contributed by atoms with van der Waals surface area (Å²) in [4.78, 5) is 4.83. The molecule has 0 bridgehead atoms. The largest absolute Gasteiger partial charge is 0.396 e. The van der Waals surface area contributed by atoms with Gasteiger partial charge in [0, 0.05) is 6.57 Å². The van der Waals surface area contributed by atoms with E-state index in [9.17, 15) is 0 Å². The minimum absolute atomic E-state index is 0.727. The summed E-state index contributed by atoms with van der Waals surface area (Å²) in [5.41, 5.74) is 0.971. The molecular formula is C7H14N2O. The molecule has 0 unspecified atom stereocenters. The first-order valence-electron chi connectivity index (χ1n) is 3.16. The van der Waals surface area contributed by atoms with E-state index in [4.69, 9.17) is 10.1 Å². The second kappa shape index (κ2) is 10.9. The van der Waals surface area contributed by atoms with Gasteiger partial charge in [-0.2, -0.15) is 0 Å². The van der Waals surface area contributed by atoms with Crippen molar-refractivity contribution in [1.82, 2.24) is 0 Å². The summed E-state index contributed by atoms with van der Waals surface area (Å²) in [5.74, 6) is 0. The van der Waals surface area contributed by atoms with Gasteiger partial charge >= 0.3 is 0 Å². The molecule has 0 aliphatic rings. The van der Waals surface area contributed by atoms with E-state index in [0.29, 0.717) is 0 Å². The molecule has 3 heteroatoms. The third-order valence-electron chi connectivity index (χ3n) is 0.543. The minimum atomic E-state index is 0.727. The van der Waals surface area contributed by atoms with Crippen LogP contribution in [0.3, 0.4) is 0 Å². The first kappa shape index (κ1) is 11.7. The second-order valence-corrected chi connectivity index (χ2v) is 1.87. The fraction of sp³-hybridized carbons (Fsp3) is 0.714. The molecule has 0 fully saturated rings. The van der Waals surface area contributed by atoms with Crippen molar-refractivity contribution in [2.24, 2.45) is 5.16 Å². The van der Waals surface area contributed by atoms with Gasteiger partial charge in [0.25, 0.3) is 0 Å². The van der Waals surface area contributed by atoms with Crippen molar-refractivity contribution in [3.8, 4) is 6.57 Å². The van der Waals surface area contributed by atoms with Gasteiger partial charge in [-0.3, -0.25) is 0 Å². The fourth-order valence-corrected chi connectivity index (χ4v) is 0.266. The van der Waals surface area contributed by atoms with E-state index >= 15 is 0 Å². The van der Waals surface area contributed by atoms with Crippen LogP contribution in [-0.4, -0.2) is 12.3 Å². The highest BCUT2D eigenvalue weighted by Gasteiger charge is 1.77. The summed E-state index contributed by atoms with van der Waals surface area (Å²) in [6.45, 7) is 10.1. The van der Waals surface area contributed by atoms with Crippen molar-refractivity contribution in [1.29, 1.82) is 5.26 Å². The Kier molecular flexibility index (Phi) is 12.7. The van der Waals surface area contributed by atoms with Gasteiger partial charge in [0.1, 0.15) is 6.61 Å². The van der Waals surface area contributed by atoms with E-state index in [1.807, 2.05) is 13.8 Å². The molecule has 0 atom stereocenters. The molecule has 0 N–H and O–H groups in total. The maximum absolute atomic E-state index is 6.50. The normalized spacial score (nSPS) is 6.90. The average Bonchev–Trinajstić information content (AvgIpc) is 1.92. The van der Waals surface area contributed by atoms with Crippen LogP contribution in [0.1, 0.15) is 27.2 Å². The average molecular weight is 142 g/mol. The minimum Gasteiger partial charge on any atom is -0.396 e. The third kappa shape index (κ3) is 15.8. The van der Waals surface area contributed by atoms with Crippen LogP contribution in [0.2, 0.25) is 0 Å². The number of nitrogens with zero attached hydrogens (tertiary/aromatic N) is 2. The molecule has 0 saturated heterocycles. The molecular weight excluding hydrogens is 128 g/mol. The molecule has 0 aromatic heterocycles. The molecule has 58 valence electrons. The fourth-order valence-electron chi connectivity index (χ4n) is 0.266. The van der Waals surface area contributed by atoms with Crippen molar-refractivity contribution in [2.75, 3.05) is 6.61 Å². The lowest BCUT2D eigenvalue weighted by Crippen LogP contribution is -1.87. The number of hydrogen-bond donors (Lipinski definition) is 0. The maximum Gasteiger partial charge on any atom is 0.116 e. The smallest absolute Gasteiger partial charge is 0.116 e. The van der Waals surface area contributed by atoms with Crippen molar-refractivity contribution in [2.45, 2.75) is 27.2 Å². The molecule has 0 saturated carbocycles. The van der Waals surface area contributed by atoms with Crippen molar-refractivity contribution in [3.63, 3.8) is 0 Å². The predicted molar refractivity (Wildman–Crippen MR) is 41.7 cm³/mol. The lowest BCUT2D eigenvalue weighted by atomic mass is 10.5. The molecule has 0 aliphatic heterocycles. The Hall–Kier alpha value is -1.04. The van der Waals surface area contributed by atoms with Gasteiger partial charge < -0.3 is 4.84 Å². The van der Waals surface area contributed by atoms with Gasteiger partial charge in [-0.05, 0) is 20.3 Å². The van der Waals surface area contributed by atoms with E-state index in [1.54, 1.807) is 0 Å². The van der Waals surface area contributed by atoms with E-state index in [2.05, 4.69) is 18.7 Å². The van der Waals surface area contributed by atoms with Crippen molar-refractivity contribution in [3.05, 3.63) is 0 Å². The van der Waals surface area contributed by atoms with Gasteiger partial charge in [0.2, 0.25) is 0 Å². The molecule has 0 rings (SSSR count). The second-order valence-electron chi connectivity index (χ2n) is 1.87. The van der Waals surface area contributed by atoms with Gasteiger partial charge in [0.15, 0.2) is 0 Å². The SMILES string of the molecule is C#N.CCCON=C(C)C. The Bertz CT molecular complexity index is 103. The molecule has 0 heterocycles. The molecule has 0 spiro atoms. The standard InChI is InChI=1S/C6H13NO.CHN/c1-4-5-8-7-6(2)3;1-2/h4-5H2,1-3H3;1H. The maximum atomic E-state index is 6.50. The van der Waals surface area contributed by atoms with Gasteiger partial charge in [0.05, 0.1) is 5.71 Å². The van der Waals surface area contributed by atoms with E-state index in [1.165, 1.54) is 0 Å². The molecule has 0 amide bonds. The highest BCUT2D eigenvalue weighted by atomic mass is 16.6. The number of hydrogen-bond acceptors (Lipinski definition) is 3. The van der Waals surface area contributed by atoms with Crippen LogP contribution in [0.4, 0.5) is 0 Å². The van der Waals surface area contributed by atoms with Crippen LogP contribution in [0.25, 0.3) is 0 Å². The zero-order chi connectivity index (χ0) is 8.41. The molecule has 10 heavy (non-hydrogen) atoms. The summed E-state index contributed by atoms with van der Waals surface area (Å²) in [5, 5.41) is 10.2. The highest BCUT2D eigenvalue weighted by molar-refractivity contribution is 5.78. The Labute approximate surface area is 62.3 Å². The first-order valence-corrected chi connectivity index (χ1v) is 3.16.